The molecule has 0 atom stereocenters. The summed E-state index contributed by atoms with van der Waals surface area (Å²) < 4.78 is 6.91. The second-order valence-electron chi connectivity index (χ2n) is 8.04. The van der Waals surface area contributed by atoms with Crippen LogP contribution in [-0.2, 0) is 0 Å². The monoisotopic (exact) mass is 479 g/mol. The second-order valence-corrected chi connectivity index (χ2v) is 8.89. The van der Waals surface area contributed by atoms with E-state index in [-0.39, 0.29) is 11.5 Å². The van der Waals surface area contributed by atoms with Gasteiger partial charge in [-0.2, -0.15) is 9.78 Å². The fourth-order valence-electron chi connectivity index (χ4n) is 3.70. The summed E-state index contributed by atoms with van der Waals surface area (Å²) in [6.07, 6.45) is 1.54. The van der Waals surface area contributed by atoms with Crippen molar-refractivity contribution in [2.24, 2.45) is 5.10 Å². The molecule has 1 heterocycles. The molecule has 0 amide bonds. The van der Waals surface area contributed by atoms with E-state index in [0.29, 0.717) is 32.3 Å². The SMILES string of the molecule is COc1cc(C)c(-c2nc3ccccc3c(=O)n2N=Cc2ccc(Cl)cc2Cl)cc1C(C)C. The zero-order valence-corrected chi connectivity index (χ0v) is 20.3. The Hall–Kier alpha value is -3.15. The van der Waals surface area contributed by atoms with Gasteiger partial charge in [-0.1, -0.05) is 55.2 Å². The first-order valence-electron chi connectivity index (χ1n) is 10.5. The summed E-state index contributed by atoms with van der Waals surface area (Å²) in [6.45, 7) is 6.16. The van der Waals surface area contributed by atoms with Gasteiger partial charge in [0, 0.05) is 16.1 Å². The number of aryl methyl sites for hydroxylation is 1. The fraction of sp³-hybridized carbons (Fsp3) is 0.192. The fourth-order valence-corrected chi connectivity index (χ4v) is 4.16. The third-order valence-corrected chi connectivity index (χ3v) is 6.03. The summed E-state index contributed by atoms with van der Waals surface area (Å²) >= 11 is 12.3. The predicted octanol–water partition coefficient (Wildman–Crippen LogP) is 6.69. The molecule has 0 spiro atoms. The molecule has 168 valence electrons. The van der Waals surface area contributed by atoms with Crippen molar-refractivity contribution in [3.05, 3.63) is 91.7 Å². The molecular formula is C26H23Cl2N3O2. The van der Waals surface area contributed by atoms with Gasteiger partial charge in [0.15, 0.2) is 5.82 Å². The molecule has 0 bridgehead atoms. The topological polar surface area (TPSA) is 56.5 Å². The molecule has 0 aliphatic heterocycles. The van der Waals surface area contributed by atoms with Gasteiger partial charge in [-0.3, -0.25) is 4.79 Å². The Balaban J connectivity index is 2.00. The maximum absolute atomic E-state index is 13.5. The first-order chi connectivity index (χ1) is 15.8. The van der Waals surface area contributed by atoms with Gasteiger partial charge < -0.3 is 4.74 Å². The highest BCUT2D eigenvalue weighted by Gasteiger charge is 2.18. The third-order valence-electron chi connectivity index (χ3n) is 5.47. The molecular weight excluding hydrogens is 457 g/mol. The minimum atomic E-state index is -0.266. The van der Waals surface area contributed by atoms with E-state index >= 15 is 0 Å². The lowest BCUT2D eigenvalue weighted by Gasteiger charge is -2.17. The normalized spacial score (nSPS) is 11.6. The van der Waals surface area contributed by atoms with Crippen LogP contribution in [0.5, 0.6) is 5.75 Å². The lowest BCUT2D eigenvalue weighted by molar-refractivity contribution is 0.407. The maximum atomic E-state index is 13.5. The third kappa shape index (κ3) is 4.52. The van der Waals surface area contributed by atoms with Crippen LogP contribution < -0.4 is 10.3 Å². The Morgan fingerprint density at radius 1 is 1.09 bits per heavy atom. The van der Waals surface area contributed by atoms with E-state index in [1.54, 1.807) is 37.6 Å². The Morgan fingerprint density at radius 2 is 1.85 bits per heavy atom. The highest BCUT2D eigenvalue weighted by Crippen LogP contribution is 2.34. The average Bonchev–Trinajstić information content (AvgIpc) is 2.79. The first kappa shape index (κ1) is 23.0. The van der Waals surface area contributed by atoms with Crippen molar-refractivity contribution in [1.29, 1.82) is 0 Å². The van der Waals surface area contributed by atoms with Crippen molar-refractivity contribution >= 4 is 40.3 Å². The van der Waals surface area contributed by atoms with Crippen molar-refractivity contribution in [2.75, 3.05) is 7.11 Å². The lowest BCUT2D eigenvalue weighted by atomic mass is 9.96. The molecule has 0 radical (unpaired) electrons. The van der Waals surface area contributed by atoms with E-state index in [2.05, 4.69) is 18.9 Å². The Labute approximate surface area is 202 Å². The van der Waals surface area contributed by atoms with Gasteiger partial charge in [-0.25, -0.2) is 4.98 Å². The van der Waals surface area contributed by atoms with Crippen molar-refractivity contribution in [3.8, 4) is 17.1 Å². The number of benzene rings is 3. The van der Waals surface area contributed by atoms with Crippen molar-refractivity contribution in [2.45, 2.75) is 26.7 Å². The van der Waals surface area contributed by atoms with Crippen LogP contribution in [0.15, 0.2) is 64.5 Å². The van der Waals surface area contributed by atoms with E-state index in [1.165, 1.54) is 4.68 Å². The summed E-state index contributed by atoms with van der Waals surface area (Å²) in [6, 6.07) is 16.3. The molecule has 3 aromatic carbocycles. The quantitative estimate of drug-likeness (QED) is 0.299. The van der Waals surface area contributed by atoms with Crippen LogP contribution >= 0.6 is 23.2 Å². The van der Waals surface area contributed by atoms with Crippen molar-refractivity contribution in [1.82, 2.24) is 9.66 Å². The molecule has 0 saturated carbocycles. The number of aromatic nitrogens is 2. The Bertz CT molecular complexity index is 1440. The number of fused-ring (bicyclic) bond motifs is 1. The number of hydrogen-bond donors (Lipinski definition) is 0. The molecule has 1 aromatic heterocycles. The first-order valence-corrected chi connectivity index (χ1v) is 11.3. The van der Waals surface area contributed by atoms with E-state index in [4.69, 9.17) is 32.9 Å². The minimum Gasteiger partial charge on any atom is -0.496 e. The summed E-state index contributed by atoms with van der Waals surface area (Å²) in [4.78, 5) is 18.3. The van der Waals surface area contributed by atoms with E-state index in [0.717, 1.165) is 22.4 Å². The zero-order valence-electron chi connectivity index (χ0n) is 18.8. The molecule has 0 unspecified atom stereocenters. The van der Waals surface area contributed by atoms with Crippen molar-refractivity contribution in [3.63, 3.8) is 0 Å². The minimum absolute atomic E-state index is 0.219. The summed E-state index contributed by atoms with van der Waals surface area (Å²) in [5, 5.41) is 5.96. The molecule has 0 aliphatic carbocycles. The molecule has 0 aliphatic rings. The van der Waals surface area contributed by atoms with Gasteiger partial charge in [0.05, 0.1) is 29.2 Å². The molecule has 0 saturated heterocycles. The molecule has 0 fully saturated rings. The zero-order chi connectivity index (χ0) is 23.7. The average molecular weight is 480 g/mol. The van der Waals surface area contributed by atoms with Crippen LogP contribution in [0.1, 0.15) is 36.5 Å². The smallest absolute Gasteiger partial charge is 0.282 e. The summed E-state index contributed by atoms with van der Waals surface area (Å²) in [5.74, 6) is 1.47. The number of halogens is 2. The van der Waals surface area contributed by atoms with Gasteiger partial charge in [0.1, 0.15) is 5.75 Å². The largest absolute Gasteiger partial charge is 0.496 e. The van der Waals surface area contributed by atoms with Crippen molar-refractivity contribution < 1.29 is 4.74 Å². The van der Waals surface area contributed by atoms with Crippen LogP contribution in [0.4, 0.5) is 0 Å². The number of rotatable bonds is 5. The van der Waals surface area contributed by atoms with Crippen LogP contribution in [0, 0.1) is 6.92 Å². The van der Waals surface area contributed by atoms with Crippen LogP contribution in [0.3, 0.4) is 0 Å². The van der Waals surface area contributed by atoms with Gasteiger partial charge in [-0.15, -0.1) is 0 Å². The number of para-hydroxylation sites is 1. The summed E-state index contributed by atoms with van der Waals surface area (Å²) in [5.41, 5.74) is 3.74. The second kappa shape index (κ2) is 9.38. The highest BCUT2D eigenvalue weighted by molar-refractivity contribution is 6.36. The summed E-state index contributed by atoms with van der Waals surface area (Å²) in [7, 11) is 1.66. The molecule has 4 rings (SSSR count). The number of hydrogen-bond acceptors (Lipinski definition) is 4. The van der Waals surface area contributed by atoms with Crippen LogP contribution in [-0.4, -0.2) is 23.0 Å². The van der Waals surface area contributed by atoms with Gasteiger partial charge in [0.2, 0.25) is 0 Å². The number of methoxy groups -OCH3 is 1. The Kier molecular flexibility index (Phi) is 6.54. The molecule has 0 N–H and O–H groups in total. The molecule has 7 heteroatoms. The predicted molar refractivity (Wildman–Crippen MR) is 136 cm³/mol. The molecule has 33 heavy (non-hydrogen) atoms. The van der Waals surface area contributed by atoms with Gasteiger partial charge in [0.25, 0.3) is 5.56 Å². The van der Waals surface area contributed by atoms with Crippen LogP contribution in [0.2, 0.25) is 10.0 Å². The lowest BCUT2D eigenvalue weighted by Crippen LogP contribution is -2.20. The maximum Gasteiger partial charge on any atom is 0.282 e. The number of nitrogens with zero attached hydrogens (tertiary/aromatic N) is 3. The standard InChI is InChI=1S/C26H23Cl2N3O2/c1-15(2)20-13-21(16(3)11-24(20)33-4)25-30-23-8-6-5-7-19(23)26(32)31(25)29-14-17-9-10-18(27)12-22(17)28/h5-15H,1-4H3. The Morgan fingerprint density at radius 3 is 2.55 bits per heavy atom. The highest BCUT2D eigenvalue weighted by atomic mass is 35.5. The van der Waals surface area contributed by atoms with Crippen LogP contribution in [0.25, 0.3) is 22.3 Å². The van der Waals surface area contributed by atoms with Gasteiger partial charge in [-0.05, 0) is 60.4 Å². The molecule has 4 aromatic rings. The van der Waals surface area contributed by atoms with E-state index < -0.39 is 0 Å². The van der Waals surface area contributed by atoms with E-state index in [1.807, 2.05) is 37.3 Å². The molecule has 5 nitrogen and oxygen atoms in total. The number of ether oxygens (including phenoxy) is 1. The van der Waals surface area contributed by atoms with Gasteiger partial charge >= 0.3 is 0 Å². The van der Waals surface area contributed by atoms with E-state index in [9.17, 15) is 4.79 Å².